The van der Waals surface area contributed by atoms with Crippen LogP contribution in [0, 0.1) is 13.8 Å². The van der Waals surface area contributed by atoms with Gasteiger partial charge in [-0.25, -0.2) is 4.79 Å². The van der Waals surface area contributed by atoms with Crippen LogP contribution < -0.4 is 15.0 Å². The largest absolute Gasteiger partial charge is 0.495 e. The number of halogens is 1. The first-order chi connectivity index (χ1) is 18.3. The van der Waals surface area contributed by atoms with Gasteiger partial charge in [0.05, 0.1) is 42.6 Å². The number of thiocarbonyl (C=S) groups is 1. The lowest BCUT2D eigenvalue weighted by Gasteiger charge is -2.28. The molecule has 0 spiro atoms. The van der Waals surface area contributed by atoms with Gasteiger partial charge in [-0.1, -0.05) is 23.7 Å². The van der Waals surface area contributed by atoms with Crippen molar-refractivity contribution in [1.29, 1.82) is 0 Å². The van der Waals surface area contributed by atoms with Crippen molar-refractivity contribution in [3.8, 4) is 11.4 Å². The number of carbonyl (C=O) groups excluding carboxylic acids is 1. The number of esters is 1. The van der Waals surface area contributed by atoms with E-state index >= 15 is 0 Å². The fraction of sp³-hybridized carbons (Fsp3) is 0.207. The Kier molecular flexibility index (Phi) is 7.10. The van der Waals surface area contributed by atoms with Crippen molar-refractivity contribution in [1.82, 2.24) is 14.9 Å². The maximum atomic E-state index is 12.2. The third kappa shape index (κ3) is 4.50. The summed E-state index contributed by atoms with van der Waals surface area (Å²) in [7, 11) is 2.97. The van der Waals surface area contributed by atoms with Crippen LogP contribution in [0.15, 0.2) is 72.9 Å². The molecule has 4 aromatic rings. The SMILES string of the molecule is COC(=O)c1cccc(-n2c(C)cc([C@@H]3[C@@H](c4ccccn4)NC(=S)N3c3ccc(OC)c(Cl)c3)c2C)c1. The summed E-state index contributed by atoms with van der Waals surface area (Å²) in [5, 5.41) is 4.56. The molecule has 1 fully saturated rings. The molecule has 194 valence electrons. The quantitative estimate of drug-likeness (QED) is 0.231. The van der Waals surface area contributed by atoms with Crippen LogP contribution in [-0.2, 0) is 4.74 Å². The van der Waals surface area contributed by atoms with E-state index in [-0.39, 0.29) is 18.1 Å². The predicted molar refractivity (Wildman–Crippen MR) is 153 cm³/mol. The number of methoxy groups -OCH3 is 2. The van der Waals surface area contributed by atoms with Gasteiger partial charge in [0.2, 0.25) is 0 Å². The molecule has 5 rings (SSSR count). The van der Waals surface area contributed by atoms with Crippen molar-refractivity contribution < 1.29 is 14.3 Å². The van der Waals surface area contributed by atoms with Gasteiger partial charge >= 0.3 is 5.97 Å². The fourth-order valence-corrected chi connectivity index (χ4v) is 5.73. The Labute approximate surface area is 232 Å². The van der Waals surface area contributed by atoms with Crippen LogP contribution >= 0.6 is 23.8 Å². The van der Waals surface area contributed by atoms with E-state index in [0.717, 1.165) is 34.0 Å². The number of nitrogens with one attached hydrogen (secondary N) is 1. The van der Waals surface area contributed by atoms with Gasteiger partial charge < -0.3 is 24.3 Å². The average molecular weight is 547 g/mol. The van der Waals surface area contributed by atoms with E-state index in [4.69, 9.17) is 33.3 Å². The van der Waals surface area contributed by atoms with Crippen LogP contribution in [-0.4, -0.2) is 34.9 Å². The molecule has 38 heavy (non-hydrogen) atoms. The number of aromatic nitrogens is 2. The Hall–Kier alpha value is -3.88. The predicted octanol–water partition coefficient (Wildman–Crippen LogP) is 6.11. The summed E-state index contributed by atoms with van der Waals surface area (Å²) in [4.78, 5) is 18.9. The molecular formula is C29H27ClN4O3S. The highest BCUT2D eigenvalue weighted by atomic mass is 35.5. The van der Waals surface area contributed by atoms with Crippen molar-refractivity contribution >= 4 is 40.6 Å². The molecule has 0 amide bonds. The Morgan fingerprint density at radius 1 is 1.03 bits per heavy atom. The molecule has 1 saturated heterocycles. The monoisotopic (exact) mass is 546 g/mol. The van der Waals surface area contributed by atoms with E-state index in [9.17, 15) is 4.79 Å². The molecule has 7 nitrogen and oxygen atoms in total. The Balaban J connectivity index is 1.66. The molecule has 2 atom stereocenters. The van der Waals surface area contributed by atoms with Crippen molar-refractivity contribution in [2.45, 2.75) is 25.9 Å². The third-order valence-corrected chi connectivity index (χ3v) is 7.44. The first-order valence-electron chi connectivity index (χ1n) is 12.1. The number of aryl methyl sites for hydroxylation is 1. The number of hydrogen-bond acceptors (Lipinski definition) is 5. The number of rotatable bonds is 6. The second kappa shape index (κ2) is 10.5. The zero-order chi connectivity index (χ0) is 27.0. The van der Waals surface area contributed by atoms with Crippen molar-refractivity contribution in [2.75, 3.05) is 19.1 Å². The normalized spacial score (nSPS) is 16.9. The van der Waals surface area contributed by atoms with Gasteiger partial charge in [0.1, 0.15) is 5.75 Å². The number of benzene rings is 2. The molecule has 1 aliphatic heterocycles. The van der Waals surface area contributed by atoms with Crippen LogP contribution in [0.2, 0.25) is 5.02 Å². The van der Waals surface area contributed by atoms with E-state index in [0.29, 0.717) is 21.4 Å². The summed E-state index contributed by atoms with van der Waals surface area (Å²) in [5.74, 6) is 0.215. The Morgan fingerprint density at radius 3 is 2.53 bits per heavy atom. The molecule has 0 unspecified atom stereocenters. The molecule has 2 aromatic heterocycles. The van der Waals surface area contributed by atoms with Crippen LogP contribution in [0.4, 0.5) is 5.69 Å². The van der Waals surface area contributed by atoms with E-state index in [1.807, 2.05) is 61.5 Å². The Morgan fingerprint density at radius 2 is 1.84 bits per heavy atom. The molecule has 2 aromatic carbocycles. The number of anilines is 1. The van der Waals surface area contributed by atoms with Crippen LogP contribution in [0.1, 0.15) is 45.1 Å². The van der Waals surface area contributed by atoms with Gasteiger partial charge in [-0.15, -0.1) is 0 Å². The number of ether oxygens (including phenoxy) is 2. The molecule has 9 heteroatoms. The maximum Gasteiger partial charge on any atom is 0.337 e. The van der Waals surface area contributed by atoms with Crippen LogP contribution in [0.3, 0.4) is 0 Å². The lowest BCUT2D eigenvalue weighted by atomic mass is 9.96. The Bertz CT molecular complexity index is 1520. The number of hydrogen-bond donors (Lipinski definition) is 1. The van der Waals surface area contributed by atoms with E-state index in [1.54, 1.807) is 19.4 Å². The lowest BCUT2D eigenvalue weighted by molar-refractivity contribution is 0.0600. The second-order valence-corrected chi connectivity index (χ2v) is 9.81. The number of carbonyl (C=O) groups is 1. The van der Waals surface area contributed by atoms with Gasteiger partial charge in [0.15, 0.2) is 5.11 Å². The zero-order valence-electron chi connectivity index (χ0n) is 21.4. The highest BCUT2D eigenvalue weighted by Gasteiger charge is 2.42. The molecule has 0 radical (unpaired) electrons. The first-order valence-corrected chi connectivity index (χ1v) is 12.8. The fourth-order valence-electron chi connectivity index (χ4n) is 5.13. The van der Waals surface area contributed by atoms with Crippen LogP contribution in [0.25, 0.3) is 5.69 Å². The third-order valence-electron chi connectivity index (χ3n) is 6.83. The van der Waals surface area contributed by atoms with Crippen molar-refractivity contribution in [3.05, 3.63) is 106 Å². The topological polar surface area (TPSA) is 68.6 Å². The van der Waals surface area contributed by atoms with Gasteiger partial charge in [-0.2, -0.15) is 0 Å². The van der Waals surface area contributed by atoms with E-state index in [2.05, 4.69) is 32.8 Å². The standard InChI is InChI=1S/C29H27ClN4O3S/c1-17-14-22(18(2)33(17)20-9-7-8-19(15-20)28(35)37-4)27-26(24-10-5-6-13-31-24)32-29(38)34(27)21-11-12-25(36-3)23(30)16-21/h5-16,26-27H,1-4H3,(H,32,38)/t26-,27-/m1/s1. The average Bonchev–Trinajstić information content (AvgIpc) is 3.43. The van der Waals surface area contributed by atoms with Gasteiger partial charge in [0.25, 0.3) is 0 Å². The van der Waals surface area contributed by atoms with Gasteiger partial charge in [-0.05, 0) is 86.2 Å². The number of pyridine rings is 1. The summed E-state index contributed by atoms with van der Waals surface area (Å²) >= 11 is 12.4. The van der Waals surface area contributed by atoms with Gasteiger partial charge in [0, 0.05) is 29.0 Å². The molecule has 0 saturated carbocycles. The molecular weight excluding hydrogens is 520 g/mol. The second-order valence-electron chi connectivity index (χ2n) is 9.02. The molecule has 1 N–H and O–H groups in total. The minimum atomic E-state index is -0.377. The minimum Gasteiger partial charge on any atom is -0.495 e. The molecule has 0 bridgehead atoms. The summed E-state index contributed by atoms with van der Waals surface area (Å²) in [6.07, 6.45) is 1.78. The number of nitrogens with zero attached hydrogens (tertiary/aromatic N) is 3. The van der Waals surface area contributed by atoms with E-state index in [1.165, 1.54) is 7.11 Å². The molecule has 1 aliphatic rings. The van der Waals surface area contributed by atoms with E-state index < -0.39 is 0 Å². The molecule has 3 heterocycles. The van der Waals surface area contributed by atoms with Gasteiger partial charge in [-0.3, -0.25) is 4.98 Å². The maximum absolute atomic E-state index is 12.2. The summed E-state index contributed by atoms with van der Waals surface area (Å²) < 4.78 is 12.4. The summed E-state index contributed by atoms with van der Waals surface area (Å²) in [6, 6.07) is 20.7. The zero-order valence-corrected chi connectivity index (χ0v) is 23.0. The minimum absolute atomic E-state index is 0.208. The summed E-state index contributed by atoms with van der Waals surface area (Å²) in [6.45, 7) is 4.12. The first kappa shape index (κ1) is 25.8. The smallest absolute Gasteiger partial charge is 0.337 e. The van der Waals surface area contributed by atoms with Crippen molar-refractivity contribution in [3.63, 3.8) is 0 Å². The highest BCUT2D eigenvalue weighted by molar-refractivity contribution is 7.80. The summed E-state index contributed by atoms with van der Waals surface area (Å²) in [5.41, 5.74) is 6.19. The highest BCUT2D eigenvalue weighted by Crippen LogP contribution is 2.45. The lowest BCUT2D eigenvalue weighted by Crippen LogP contribution is -2.29. The molecule has 0 aliphatic carbocycles. The van der Waals surface area contributed by atoms with Crippen LogP contribution in [0.5, 0.6) is 5.75 Å². The van der Waals surface area contributed by atoms with Crippen molar-refractivity contribution in [2.24, 2.45) is 0 Å².